The highest BCUT2D eigenvalue weighted by Gasteiger charge is 2.21. The second kappa shape index (κ2) is 8.44. The Morgan fingerprint density at radius 1 is 1.46 bits per heavy atom. The molecule has 134 valence electrons. The first kappa shape index (κ1) is 18.7. The minimum atomic E-state index is -0.0952. The van der Waals surface area contributed by atoms with Crippen LogP contribution in [0, 0.1) is 19.8 Å². The van der Waals surface area contributed by atoms with Crippen molar-refractivity contribution in [1.29, 1.82) is 0 Å². The lowest BCUT2D eigenvalue weighted by atomic mass is 10.1. The third-order valence-electron chi connectivity index (χ3n) is 4.32. The highest BCUT2D eigenvalue weighted by Crippen LogP contribution is 2.13. The largest absolute Gasteiger partial charge is 0.374 e. The summed E-state index contributed by atoms with van der Waals surface area (Å²) in [6.45, 7) is 12.6. The van der Waals surface area contributed by atoms with Crippen LogP contribution < -0.4 is 5.32 Å². The van der Waals surface area contributed by atoms with Gasteiger partial charge in [0.05, 0.1) is 18.4 Å². The van der Waals surface area contributed by atoms with Crippen molar-refractivity contribution in [3.8, 4) is 0 Å². The topological polar surface area (TPSA) is 59.4 Å². The number of hydrogen-bond donors (Lipinski definition) is 1. The molecule has 1 saturated heterocycles. The van der Waals surface area contributed by atoms with E-state index in [1.165, 1.54) is 0 Å². The van der Waals surface area contributed by atoms with E-state index in [-0.39, 0.29) is 12.0 Å². The van der Waals surface area contributed by atoms with Gasteiger partial charge in [0.1, 0.15) is 0 Å². The molecule has 0 aromatic carbocycles. The molecule has 6 nitrogen and oxygen atoms in total. The molecule has 0 spiro atoms. The Kier molecular flexibility index (Phi) is 6.57. The van der Waals surface area contributed by atoms with E-state index in [9.17, 15) is 4.79 Å². The third-order valence-corrected chi connectivity index (χ3v) is 4.32. The summed E-state index contributed by atoms with van der Waals surface area (Å²) in [5.74, 6) is 0.550. The van der Waals surface area contributed by atoms with Crippen molar-refractivity contribution < 1.29 is 9.53 Å². The zero-order valence-electron chi connectivity index (χ0n) is 15.5. The number of nitrogens with zero attached hydrogens (tertiary/aromatic N) is 3. The number of hydrogen-bond acceptors (Lipinski definition) is 4. The van der Waals surface area contributed by atoms with E-state index in [4.69, 9.17) is 4.74 Å². The molecule has 1 unspecified atom stereocenters. The summed E-state index contributed by atoms with van der Waals surface area (Å²) in [6, 6.07) is 0. The highest BCUT2D eigenvalue weighted by molar-refractivity contribution is 5.92. The van der Waals surface area contributed by atoms with Crippen LogP contribution in [-0.2, 0) is 16.6 Å². The molecule has 1 atom stereocenters. The van der Waals surface area contributed by atoms with Gasteiger partial charge in [-0.3, -0.25) is 14.4 Å². The third kappa shape index (κ3) is 5.18. The first-order chi connectivity index (χ1) is 11.4. The van der Waals surface area contributed by atoms with Crippen LogP contribution >= 0.6 is 0 Å². The number of aryl methyl sites for hydroxylation is 2. The molecule has 1 aromatic heterocycles. The Labute approximate surface area is 144 Å². The second-order valence-electron chi connectivity index (χ2n) is 6.93. The molecule has 24 heavy (non-hydrogen) atoms. The normalized spacial score (nSPS) is 19.3. The Balaban J connectivity index is 1.81. The zero-order chi connectivity index (χ0) is 17.7. The molecule has 1 N–H and O–H groups in total. The molecule has 6 heteroatoms. The molecule has 1 fully saturated rings. The van der Waals surface area contributed by atoms with Gasteiger partial charge >= 0.3 is 0 Å². The molecule has 2 rings (SSSR count). The predicted octanol–water partition coefficient (Wildman–Crippen LogP) is 1.52. The van der Waals surface area contributed by atoms with Crippen molar-refractivity contribution in [2.45, 2.75) is 33.8 Å². The fourth-order valence-corrected chi connectivity index (χ4v) is 3.05. The lowest BCUT2D eigenvalue weighted by molar-refractivity contribution is -0.117. The van der Waals surface area contributed by atoms with Gasteiger partial charge in [-0.15, -0.1) is 0 Å². The van der Waals surface area contributed by atoms with Crippen LogP contribution in [0.15, 0.2) is 6.08 Å². The highest BCUT2D eigenvalue weighted by atomic mass is 16.5. The maximum absolute atomic E-state index is 12.1. The first-order valence-electron chi connectivity index (χ1n) is 8.67. The maximum Gasteiger partial charge on any atom is 0.244 e. The molecule has 0 aliphatic carbocycles. The van der Waals surface area contributed by atoms with Gasteiger partial charge in [-0.2, -0.15) is 5.10 Å². The molecular weight excluding hydrogens is 304 g/mol. The fraction of sp³-hybridized carbons (Fsp3) is 0.667. The summed E-state index contributed by atoms with van der Waals surface area (Å²) in [6.07, 6.45) is 3.47. The Morgan fingerprint density at radius 3 is 2.83 bits per heavy atom. The van der Waals surface area contributed by atoms with E-state index < -0.39 is 0 Å². The molecule has 0 bridgehead atoms. The Bertz CT molecular complexity index is 592. The van der Waals surface area contributed by atoms with Crippen LogP contribution in [0.1, 0.15) is 30.8 Å². The SMILES string of the molecule is Cc1nn(C)c(C)c1/C=C/C(=O)NCC1CN(CC(C)C)CCO1. The minimum Gasteiger partial charge on any atom is -0.374 e. The number of morpholine rings is 1. The molecule has 1 aromatic rings. The summed E-state index contributed by atoms with van der Waals surface area (Å²) in [4.78, 5) is 14.5. The average molecular weight is 334 g/mol. The Hall–Kier alpha value is -1.66. The standard InChI is InChI=1S/C18H30N4O2/c1-13(2)11-22-8-9-24-16(12-22)10-19-18(23)7-6-17-14(3)20-21(5)15(17)4/h6-7,13,16H,8-12H2,1-5H3,(H,19,23)/b7-6+. The smallest absolute Gasteiger partial charge is 0.244 e. The van der Waals surface area contributed by atoms with Gasteiger partial charge < -0.3 is 10.1 Å². The van der Waals surface area contributed by atoms with Crippen LogP contribution in [0.2, 0.25) is 0 Å². The summed E-state index contributed by atoms with van der Waals surface area (Å²) >= 11 is 0. The minimum absolute atomic E-state index is 0.0664. The quantitative estimate of drug-likeness (QED) is 0.802. The van der Waals surface area contributed by atoms with Crippen molar-refractivity contribution in [3.05, 3.63) is 23.0 Å². The summed E-state index contributed by atoms with van der Waals surface area (Å²) in [5, 5.41) is 7.29. The molecule has 0 radical (unpaired) electrons. The van der Waals surface area contributed by atoms with E-state index in [2.05, 4.69) is 29.2 Å². The number of rotatable bonds is 6. The molecule has 1 aliphatic rings. The summed E-state index contributed by atoms with van der Waals surface area (Å²) < 4.78 is 7.58. The zero-order valence-corrected chi connectivity index (χ0v) is 15.5. The number of nitrogens with one attached hydrogen (secondary N) is 1. The first-order valence-corrected chi connectivity index (χ1v) is 8.67. The van der Waals surface area contributed by atoms with Gasteiger partial charge in [0.15, 0.2) is 0 Å². The number of ether oxygens (including phenoxy) is 1. The fourth-order valence-electron chi connectivity index (χ4n) is 3.05. The van der Waals surface area contributed by atoms with Crippen molar-refractivity contribution in [2.24, 2.45) is 13.0 Å². The number of carbonyl (C=O) groups excluding carboxylic acids is 1. The maximum atomic E-state index is 12.1. The van der Waals surface area contributed by atoms with Crippen molar-refractivity contribution in [3.63, 3.8) is 0 Å². The van der Waals surface area contributed by atoms with E-state index >= 15 is 0 Å². The molecular formula is C18H30N4O2. The van der Waals surface area contributed by atoms with Crippen LogP contribution in [0.3, 0.4) is 0 Å². The van der Waals surface area contributed by atoms with Crippen LogP contribution in [0.5, 0.6) is 0 Å². The lowest BCUT2D eigenvalue weighted by Gasteiger charge is -2.33. The van der Waals surface area contributed by atoms with Gasteiger partial charge in [0.2, 0.25) is 5.91 Å². The van der Waals surface area contributed by atoms with Crippen LogP contribution in [0.4, 0.5) is 0 Å². The monoisotopic (exact) mass is 334 g/mol. The van der Waals surface area contributed by atoms with E-state index in [0.717, 1.165) is 43.2 Å². The Morgan fingerprint density at radius 2 is 2.21 bits per heavy atom. The summed E-state index contributed by atoms with van der Waals surface area (Å²) in [7, 11) is 1.91. The van der Waals surface area contributed by atoms with Crippen LogP contribution in [-0.4, -0.2) is 59.5 Å². The molecule has 1 amide bonds. The second-order valence-corrected chi connectivity index (χ2v) is 6.93. The molecule has 1 aliphatic heterocycles. The number of amides is 1. The van der Waals surface area contributed by atoms with Gasteiger partial charge in [-0.05, 0) is 25.8 Å². The van der Waals surface area contributed by atoms with Gasteiger partial charge in [0.25, 0.3) is 0 Å². The predicted molar refractivity (Wildman–Crippen MR) is 95.7 cm³/mol. The van der Waals surface area contributed by atoms with Crippen molar-refractivity contribution in [1.82, 2.24) is 20.0 Å². The van der Waals surface area contributed by atoms with E-state index in [1.807, 2.05) is 31.7 Å². The average Bonchev–Trinajstić information content (AvgIpc) is 2.76. The lowest BCUT2D eigenvalue weighted by Crippen LogP contribution is -2.48. The van der Waals surface area contributed by atoms with Gasteiger partial charge in [-0.1, -0.05) is 13.8 Å². The van der Waals surface area contributed by atoms with Gasteiger partial charge in [0, 0.05) is 50.6 Å². The van der Waals surface area contributed by atoms with E-state index in [1.54, 1.807) is 6.08 Å². The molecule has 2 heterocycles. The summed E-state index contributed by atoms with van der Waals surface area (Å²) in [5.41, 5.74) is 2.99. The van der Waals surface area contributed by atoms with Crippen molar-refractivity contribution in [2.75, 3.05) is 32.8 Å². The number of carbonyl (C=O) groups is 1. The number of aromatic nitrogens is 2. The van der Waals surface area contributed by atoms with Crippen LogP contribution in [0.25, 0.3) is 6.08 Å². The van der Waals surface area contributed by atoms with Crippen molar-refractivity contribution >= 4 is 12.0 Å². The van der Waals surface area contributed by atoms with Gasteiger partial charge in [-0.25, -0.2) is 0 Å². The van der Waals surface area contributed by atoms with E-state index in [0.29, 0.717) is 12.5 Å². The molecule has 0 saturated carbocycles.